The molecule has 1 fully saturated rings. The molecule has 5 heteroatoms. The fourth-order valence-corrected chi connectivity index (χ4v) is 2.86. The number of carbonyl (C=O) groups is 1. The van der Waals surface area contributed by atoms with E-state index in [1.165, 1.54) is 12.1 Å². The van der Waals surface area contributed by atoms with Crippen LogP contribution in [-0.2, 0) is 4.79 Å². The number of hydrogen-bond acceptors (Lipinski definition) is 3. The summed E-state index contributed by atoms with van der Waals surface area (Å²) in [6.45, 7) is 2.78. The van der Waals surface area contributed by atoms with E-state index in [4.69, 9.17) is 4.74 Å². The van der Waals surface area contributed by atoms with Crippen molar-refractivity contribution in [3.05, 3.63) is 66.0 Å². The summed E-state index contributed by atoms with van der Waals surface area (Å²) in [6.07, 6.45) is 3.40. The first kappa shape index (κ1) is 17.0. The Morgan fingerprint density at radius 1 is 1.08 bits per heavy atom. The van der Waals surface area contributed by atoms with Gasteiger partial charge in [0.25, 0.3) is 0 Å². The number of piperazine rings is 1. The third-order valence-electron chi connectivity index (χ3n) is 4.30. The number of nitrogens with zero attached hydrogens (tertiary/aromatic N) is 2. The molecule has 0 N–H and O–H groups in total. The Morgan fingerprint density at radius 3 is 2.48 bits per heavy atom. The number of halogens is 1. The van der Waals surface area contributed by atoms with Crippen LogP contribution in [0.5, 0.6) is 5.75 Å². The van der Waals surface area contributed by atoms with Gasteiger partial charge >= 0.3 is 0 Å². The maximum atomic E-state index is 13.0. The van der Waals surface area contributed by atoms with Crippen molar-refractivity contribution >= 4 is 17.7 Å². The summed E-state index contributed by atoms with van der Waals surface area (Å²) in [4.78, 5) is 16.3. The van der Waals surface area contributed by atoms with E-state index in [9.17, 15) is 9.18 Å². The van der Waals surface area contributed by atoms with Gasteiger partial charge in [-0.1, -0.05) is 12.1 Å². The predicted octanol–water partition coefficient (Wildman–Crippen LogP) is 3.20. The lowest BCUT2D eigenvalue weighted by molar-refractivity contribution is -0.126. The van der Waals surface area contributed by atoms with Crippen molar-refractivity contribution in [3.8, 4) is 5.75 Å². The van der Waals surface area contributed by atoms with Crippen LogP contribution >= 0.6 is 0 Å². The molecule has 1 aliphatic rings. The zero-order chi connectivity index (χ0) is 17.6. The van der Waals surface area contributed by atoms with Gasteiger partial charge in [-0.05, 0) is 48.0 Å². The number of carbonyl (C=O) groups excluding carboxylic acids is 1. The van der Waals surface area contributed by atoms with E-state index in [0.717, 1.165) is 30.1 Å². The Morgan fingerprint density at radius 2 is 1.80 bits per heavy atom. The molecule has 0 aromatic heterocycles. The minimum absolute atomic E-state index is 0.00146. The molecule has 2 aromatic rings. The normalized spacial score (nSPS) is 14.8. The SMILES string of the molecule is COc1cccc(/C=C/C(=O)N2CCN(c3ccc(F)cc3)CC2)c1. The average molecular weight is 340 g/mol. The van der Waals surface area contributed by atoms with Crippen molar-refractivity contribution in [1.29, 1.82) is 0 Å². The molecule has 0 atom stereocenters. The average Bonchev–Trinajstić information content (AvgIpc) is 2.67. The largest absolute Gasteiger partial charge is 0.497 e. The highest BCUT2D eigenvalue weighted by molar-refractivity contribution is 5.92. The van der Waals surface area contributed by atoms with Crippen molar-refractivity contribution in [1.82, 2.24) is 4.90 Å². The summed E-state index contributed by atoms with van der Waals surface area (Å²) in [7, 11) is 1.62. The lowest BCUT2D eigenvalue weighted by atomic mass is 10.2. The Bertz CT molecular complexity index is 751. The Balaban J connectivity index is 1.56. The zero-order valence-corrected chi connectivity index (χ0v) is 14.2. The summed E-state index contributed by atoms with van der Waals surface area (Å²) < 4.78 is 18.2. The van der Waals surface area contributed by atoms with Crippen LogP contribution in [0.3, 0.4) is 0 Å². The molecule has 1 aliphatic heterocycles. The molecule has 0 radical (unpaired) electrons. The Hall–Kier alpha value is -2.82. The van der Waals surface area contributed by atoms with Gasteiger partial charge in [0.15, 0.2) is 0 Å². The molecule has 1 amide bonds. The van der Waals surface area contributed by atoms with Gasteiger partial charge in [0.05, 0.1) is 7.11 Å². The summed E-state index contributed by atoms with van der Waals surface area (Å²) >= 11 is 0. The molecule has 4 nitrogen and oxygen atoms in total. The topological polar surface area (TPSA) is 32.8 Å². The van der Waals surface area contributed by atoms with Crippen LogP contribution in [0.2, 0.25) is 0 Å². The van der Waals surface area contributed by atoms with E-state index in [1.54, 1.807) is 31.4 Å². The van der Waals surface area contributed by atoms with Gasteiger partial charge in [-0.2, -0.15) is 0 Å². The first-order valence-corrected chi connectivity index (χ1v) is 8.27. The van der Waals surface area contributed by atoms with Gasteiger partial charge in [-0.15, -0.1) is 0 Å². The standard InChI is InChI=1S/C20H21FN2O2/c1-25-19-4-2-3-16(15-19)5-10-20(24)23-13-11-22(12-14-23)18-8-6-17(21)7-9-18/h2-10,15H,11-14H2,1H3/b10-5+. The van der Waals surface area contributed by atoms with E-state index in [1.807, 2.05) is 29.2 Å². The fourth-order valence-electron chi connectivity index (χ4n) is 2.86. The molecule has 2 aromatic carbocycles. The van der Waals surface area contributed by atoms with Gasteiger partial charge in [0, 0.05) is 37.9 Å². The molecule has 0 saturated carbocycles. The van der Waals surface area contributed by atoms with Crippen LogP contribution in [0, 0.1) is 5.82 Å². The Kier molecular flexibility index (Phi) is 5.33. The molecule has 1 heterocycles. The maximum Gasteiger partial charge on any atom is 0.246 e. The molecule has 0 unspecified atom stereocenters. The molecule has 3 rings (SSSR count). The molecular weight excluding hydrogens is 319 g/mol. The maximum absolute atomic E-state index is 13.0. The molecular formula is C20H21FN2O2. The minimum Gasteiger partial charge on any atom is -0.497 e. The molecule has 0 spiro atoms. The van der Waals surface area contributed by atoms with E-state index in [-0.39, 0.29) is 11.7 Å². The van der Waals surface area contributed by atoms with E-state index in [0.29, 0.717) is 13.1 Å². The second kappa shape index (κ2) is 7.83. The predicted molar refractivity (Wildman–Crippen MR) is 97.2 cm³/mol. The number of amides is 1. The molecule has 25 heavy (non-hydrogen) atoms. The van der Waals surface area contributed by atoms with Crippen molar-refractivity contribution in [3.63, 3.8) is 0 Å². The second-order valence-electron chi connectivity index (χ2n) is 5.90. The lowest BCUT2D eigenvalue weighted by Crippen LogP contribution is -2.48. The number of ether oxygens (including phenoxy) is 1. The van der Waals surface area contributed by atoms with Crippen LogP contribution in [-0.4, -0.2) is 44.1 Å². The summed E-state index contributed by atoms with van der Waals surface area (Å²) in [6, 6.07) is 14.0. The molecule has 0 aliphatic carbocycles. The summed E-state index contributed by atoms with van der Waals surface area (Å²) in [5.74, 6) is 0.532. The Labute approximate surface area is 147 Å². The van der Waals surface area contributed by atoms with Crippen LogP contribution < -0.4 is 9.64 Å². The van der Waals surface area contributed by atoms with Crippen LogP contribution in [0.4, 0.5) is 10.1 Å². The molecule has 0 bridgehead atoms. The number of benzene rings is 2. The van der Waals surface area contributed by atoms with Gasteiger partial charge in [0.1, 0.15) is 11.6 Å². The van der Waals surface area contributed by atoms with Crippen molar-refractivity contribution in [2.75, 3.05) is 38.2 Å². The summed E-state index contributed by atoms with van der Waals surface area (Å²) in [5.41, 5.74) is 1.91. The van der Waals surface area contributed by atoms with E-state index >= 15 is 0 Å². The van der Waals surface area contributed by atoms with Crippen molar-refractivity contribution < 1.29 is 13.9 Å². The zero-order valence-electron chi connectivity index (χ0n) is 14.2. The van der Waals surface area contributed by atoms with Gasteiger partial charge in [-0.3, -0.25) is 4.79 Å². The molecule has 1 saturated heterocycles. The smallest absolute Gasteiger partial charge is 0.246 e. The quantitative estimate of drug-likeness (QED) is 0.802. The number of anilines is 1. The second-order valence-corrected chi connectivity index (χ2v) is 5.90. The van der Waals surface area contributed by atoms with Crippen molar-refractivity contribution in [2.45, 2.75) is 0 Å². The highest BCUT2D eigenvalue weighted by atomic mass is 19.1. The van der Waals surface area contributed by atoms with Gasteiger partial charge in [0.2, 0.25) is 5.91 Å². The highest BCUT2D eigenvalue weighted by Crippen LogP contribution is 2.17. The highest BCUT2D eigenvalue weighted by Gasteiger charge is 2.19. The minimum atomic E-state index is -0.236. The third-order valence-corrected chi connectivity index (χ3v) is 4.30. The van der Waals surface area contributed by atoms with Gasteiger partial charge in [-0.25, -0.2) is 4.39 Å². The van der Waals surface area contributed by atoms with Gasteiger partial charge < -0.3 is 14.5 Å². The molecule has 130 valence electrons. The summed E-state index contributed by atoms with van der Waals surface area (Å²) in [5, 5.41) is 0. The number of rotatable bonds is 4. The first-order chi connectivity index (χ1) is 12.2. The van der Waals surface area contributed by atoms with Crippen molar-refractivity contribution in [2.24, 2.45) is 0 Å². The van der Waals surface area contributed by atoms with E-state index < -0.39 is 0 Å². The van der Waals surface area contributed by atoms with E-state index in [2.05, 4.69) is 4.90 Å². The fraction of sp³-hybridized carbons (Fsp3) is 0.250. The monoisotopic (exact) mass is 340 g/mol. The van der Waals surface area contributed by atoms with Crippen LogP contribution in [0.25, 0.3) is 6.08 Å². The van der Waals surface area contributed by atoms with Crippen LogP contribution in [0.15, 0.2) is 54.6 Å². The number of hydrogen-bond donors (Lipinski definition) is 0. The lowest BCUT2D eigenvalue weighted by Gasteiger charge is -2.35. The first-order valence-electron chi connectivity index (χ1n) is 8.27. The third kappa shape index (κ3) is 4.38. The number of methoxy groups -OCH3 is 1. The van der Waals surface area contributed by atoms with Crippen LogP contribution in [0.1, 0.15) is 5.56 Å².